The second-order valence-corrected chi connectivity index (χ2v) is 3.76. The fourth-order valence-electron chi connectivity index (χ4n) is 1.78. The largest absolute Gasteiger partial charge is 0.392 e. The lowest BCUT2D eigenvalue weighted by Gasteiger charge is -2.08. The van der Waals surface area contributed by atoms with Gasteiger partial charge < -0.3 is 5.11 Å². The topological polar surface area (TPSA) is 20.2 Å². The molecule has 1 heteroatoms. The summed E-state index contributed by atoms with van der Waals surface area (Å²) in [6.07, 6.45) is 4.54. The van der Waals surface area contributed by atoms with Gasteiger partial charge in [-0.1, -0.05) is 44.9 Å². The molecular formula is C13H20O. The zero-order chi connectivity index (χ0) is 10.4. The Balaban J connectivity index is 2.88. The summed E-state index contributed by atoms with van der Waals surface area (Å²) in [6.45, 7) is 4.54. The molecule has 0 unspecified atom stereocenters. The van der Waals surface area contributed by atoms with Crippen LogP contribution in [-0.2, 0) is 19.4 Å². The molecule has 0 aliphatic heterocycles. The first-order chi connectivity index (χ1) is 6.81. The molecule has 1 rings (SSSR count). The van der Waals surface area contributed by atoms with Crippen LogP contribution in [0.5, 0.6) is 0 Å². The summed E-state index contributed by atoms with van der Waals surface area (Å²) in [7, 11) is 0. The van der Waals surface area contributed by atoms with E-state index in [1.54, 1.807) is 0 Å². The number of aliphatic hydroxyl groups is 1. The molecule has 0 amide bonds. The summed E-state index contributed by atoms with van der Waals surface area (Å²) in [5.41, 5.74) is 3.81. The van der Waals surface area contributed by atoms with Gasteiger partial charge in [0.25, 0.3) is 0 Å². The minimum absolute atomic E-state index is 0.168. The Kier molecular flexibility index (Phi) is 4.68. The van der Waals surface area contributed by atoms with E-state index >= 15 is 0 Å². The van der Waals surface area contributed by atoms with E-state index in [9.17, 15) is 0 Å². The maximum Gasteiger partial charge on any atom is 0.0684 e. The lowest BCUT2D eigenvalue weighted by atomic mass is 9.99. The molecule has 0 saturated heterocycles. The lowest BCUT2D eigenvalue weighted by Crippen LogP contribution is -1.96. The third kappa shape index (κ3) is 2.85. The molecule has 1 nitrogen and oxygen atoms in total. The predicted octanol–water partition coefficient (Wildman–Crippen LogP) is 3.08. The highest BCUT2D eigenvalue weighted by atomic mass is 16.3. The first-order valence-electron chi connectivity index (χ1n) is 5.53. The number of hydrogen-bond acceptors (Lipinski definition) is 1. The third-order valence-corrected chi connectivity index (χ3v) is 2.50. The molecule has 1 aromatic rings. The first-order valence-corrected chi connectivity index (χ1v) is 5.53. The number of aliphatic hydroxyl groups excluding tert-OH is 1. The summed E-state index contributed by atoms with van der Waals surface area (Å²) in [5.74, 6) is 0. The first kappa shape index (κ1) is 11.3. The fourth-order valence-corrected chi connectivity index (χ4v) is 1.78. The Hall–Kier alpha value is -0.820. The van der Waals surface area contributed by atoms with Crippen LogP contribution in [0.3, 0.4) is 0 Å². The molecule has 1 aromatic carbocycles. The van der Waals surface area contributed by atoms with Crippen molar-refractivity contribution in [3.63, 3.8) is 0 Å². The second-order valence-electron chi connectivity index (χ2n) is 3.76. The Bertz CT molecular complexity index is 279. The van der Waals surface area contributed by atoms with E-state index in [4.69, 9.17) is 5.11 Å². The quantitative estimate of drug-likeness (QED) is 0.760. The Morgan fingerprint density at radius 2 is 1.71 bits per heavy atom. The molecule has 78 valence electrons. The highest BCUT2D eigenvalue weighted by Crippen LogP contribution is 2.15. The standard InChI is InChI=1S/C13H20O/c1-3-5-11-7-8-13(10-14)12(9-11)6-4-2/h7-9,14H,3-6,10H2,1-2H3. The van der Waals surface area contributed by atoms with Gasteiger partial charge in [-0.25, -0.2) is 0 Å². The van der Waals surface area contributed by atoms with E-state index in [2.05, 4.69) is 32.0 Å². The van der Waals surface area contributed by atoms with Crippen LogP contribution in [-0.4, -0.2) is 5.11 Å². The molecule has 0 aliphatic rings. The number of benzene rings is 1. The number of rotatable bonds is 5. The van der Waals surface area contributed by atoms with Crippen LogP contribution in [0.2, 0.25) is 0 Å². The fraction of sp³-hybridized carbons (Fsp3) is 0.538. The van der Waals surface area contributed by atoms with Crippen LogP contribution in [0.1, 0.15) is 43.4 Å². The SMILES string of the molecule is CCCc1ccc(CO)c(CCC)c1. The Morgan fingerprint density at radius 1 is 1.00 bits per heavy atom. The van der Waals surface area contributed by atoms with E-state index < -0.39 is 0 Å². The van der Waals surface area contributed by atoms with Crippen molar-refractivity contribution in [2.24, 2.45) is 0 Å². The minimum atomic E-state index is 0.168. The number of hydrogen-bond donors (Lipinski definition) is 1. The molecule has 0 bridgehead atoms. The van der Waals surface area contributed by atoms with Gasteiger partial charge in [0.2, 0.25) is 0 Å². The van der Waals surface area contributed by atoms with Crippen LogP contribution < -0.4 is 0 Å². The van der Waals surface area contributed by atoms with Gasteiger partial charge in [-0.2, -0.15) is 0 Å². The van der Waals surface area contributed by atoms with Gasteiger partial charge in [-0.05, 0) is 29.5 Å². The zero-order valence-electron chi connectivity index (χ0n) is 9.21. The predicted molar refractivity (Wildman–Crippen MR) is 60.4 cm³/mol. The smallest absolute Gasteiger partial charge is 0.0684 e. The molecule has 0 aliphatic carbocycles. The normalized spacial score (nSPS) is 10.5. The monoisotopic (exact) mass is 192 g/mol. The van der Waals surface area contributed by atoms with Crippen LogP contribution in [0.25, 0.3) is 0 Å². The van der Waals surface area contributed by atoms with Crippen LogP contribution >= 0.6 is 0 Å². The van der Waals surface area contributed by atoms with Gasteiger partial charge in [0.05, 0.1) is 6.61 Å². The van der Waals surface area contributed by atoms with Gasteiger partial charge in [0, 0.05) is 0 Å². The molecule has 0 saturated carbocycles. The van der Waals surface area contributed by atoms with Crippen molar-refractivity contribution >= 4 is 0 Å². The van der Waals surface area contributed by atoms with Gasteiger partial charge in [-0.3, -0.25) is 0 Å². The van der Waals surface area contributed by atoms with Crippen molar-refractivity contribution in [3.8, 4) is 0 Å². The van der Waals surface area contributed by atoms with Gasteiger partial charge in [0.15, 0.2) is 0 Å². The summed E-state index contributed by atoms with van der Waals surface area (Å²) in [6, 6.07) is 6.45. The summed E-state index contributed by atoms with van der Waals surface area (Å²) < 4.78 is 0. The second kappa shape index (κ2) is 5.82. The molecule has 1 N–H and O–H groups in total. The van der Waals surface area contributed by atoms with E-state index in [-0.39, 0.29) is 6.61 Å². The van der Waals surface area contributed by atoms with E-state index in [0.717, 1.165) is 24.8 Å². The van der Waals surface area contributed by atoms with Gasteiger partial charge in [0.1, 0.15) is 0 Å². The molecule has 0 spiro atoms. The van der Waals surface area contributed by atoms with Gasteiger partial charge >= 0.3 is 0 Å². The highest BCUT2D eigenvalue weighted by Gasteiger charge is 2.01. The van der Waals surface area contributed by atoms with Crippen molar-refractivity contribution in [3.05, 3.63) is 34.9 Å². The van der Waals surface area contributed by atoms with E-state index in [1.807, 2.05) is 0 Å². The third-order valence-electron chi connectivity index (χ3n) is 2.50. The molecule has 0 heterocycles. The van der Waals surface area contributed by atoms with Crippen molar-refractivity contribution in [1.82, 2.24) is 0 Å². The maximum atomic E-state index is 9.17. The van der Waals surface area contributed by atoms with Crippen molar-refractivity contribution in [2.75, 3.05) is 0 Å². The minimum Gasteiger partial charge on any atom is -0.392 e. The van der Waals surface area contributed by atoms with E-state index in [1.165, 1.54) is 17.5 Å². The molecule has 0 atom stereocenters. The number of aryl methyl sites for hydroxylation is 2. The van der Waals surface area contributed by atoms with E-state index in [0.29, 0.717) is 0 Å². The molecule has 0 radical (unpaired) electrons. The Morgan fingerprint density at radius 3 is 2.29 bits per heavy atom. The van der Waals surface area contributed by atoms with Crippen molar-refractivity contribution in [2.45, 2.75) is 46.1 Å². The maximum absolute atomic E-state index is 9.17. The molecular weight excluding hydrogens is 172 g/mol. The zero-order valence-corrected chi connectivity index (χ0v) is 9.21. The van der Waals surface area contributed by atoms with Crippen LogP contribution in [0.15, 0.2) is 18.2 Å². The summed E-state index contributed by atoms with van der Waals surface area (Å²) >= 11 is 0. The molecule has 14 heavy (non-hydrogen) atoms. The molecule has 0 fully saturated rings. The summed E-state index contributed by atoms with van der Waals surface area (Å²) in [4.78, 5) is 0. The summed E-state index contributed by atoms with van der Waals surface area (Å²) in [5, 5.41) is 9.17. The lowest BCUT2D eigenvalue weighted by molar-refractivity contribution is 0.280. The van der Waals surface area contributed by atoms with Crippen LogP contribution in [0.4, 0.5) is 0 Å². The van der Waals surface area contributed by atoms with Crippen LogP contribution in [0, 0.1) is 0 Å². The van der Waals surface area contributed by atoms with Crippen molar-refractivity contribution in [1.29, 1.82) is 0 Å². The molecule has 0 aromatic heterocycles. The van der Waals surface area contributed by atoms with Gasteiger partial charge in [-0.15, -0.1) is 0 Å². The highest BCUT2D eigenvalue weighted by molar-refractivity contribution is 5.32. The van der Waals surface area contributed by atoms with Crippen molar-refractivity contribution < 1.29 is 5.11 Å². The average molecular weight is 192 g/mol. The Labute approximate surface area is 86.8 Å². The average Bonchev–Trinajstić information content (AvgIpc) is 2.19.